The fourth-order valence-electron chi connectivity index (χ4n) is 2.18. The van der Waals surface area contributed by atoms with Gasteiger partial charge in [0.2, 0.25) is 0 Å². The van der Waals surface area contributed by atoms with Gasteiger partial charge in [0.1, 0.15) is 5.82 Å². The fourth-order valence-corrected chi connectivity index (χ4v) is 2.18. The van der Waals surface area contributed by atoms with Crippen molar-refractivity contribution in [2.45, 2.75) is 25.8 Å². The summed E-state index contributed by atoms with van der Waals surface area (Å²) in [5, 5.41) is 1.78. The Balaban J connectivity index is 2.53. The van der Waals surface area contributed by atoms with Crippen LogP contribution in [0.5, 0.6) is 0 Å². The minimum atomic E-state index is -0.165. The third-order valence-electron chi connectivity index (χ3n) is 2.77. The molecule has 0 atom stereocenters. The summed E-state index contributed by atoms with van der Waals surface area (Å²) < 4.78 is 13.1. The van der Waals surface area contributed by atoms with Crippen LogP contribution in [0.1, 0.15) is 25.0 Å². The highest BCUT2D eigenvalue weighted by molar-refractivity contribution is 5.36. The van der Waals surface area contributed by atoms with Crippen LogP contribution in [-0.2, 0) is 12.0 Å². The molecule has 0 spiro atoms. The van der Waals surface area contributed by atoms with Gasteiger partial charge in [-0.15, -0.1) is 0 Å². The van der Waals surface area contributed by atoms with Gasteiger partial charge in [0.15, 0.2) is 0 Å². The molecule has 2 rings (SSSR count). The number of halogens is 1. The van der Waals surface area contributed by atoms with Crippen LogP contribution in [0.15, 0.2) is 18.2 Å². The molecular weight excluding hydrogens is 179 g/mol. The van der Waals surface area contributed by atoms with Gasteiger partial charge in [-0.25, -0.2) is 9.40 Å². The van der Waals surface area contributed by atoms with Gasteiger partial charge in [-0.1, -0.05) is 19.9 Å². The maximum atomic E-state index is 13.1. The van der Waals surface area contributed by atoms with Gasteiger partial charge < -0.3 is 0 Å². The number of nitrogens with zero attached hydrogens (tertiary/aromatic N) is 1. The van der Waals surface area contributed by atoms with Crippen LogP contribution in [0.2, 0.25) is 0 Å². The highest BCUT2D eigenvalue weighted by Gasteiger charge is 2.30. The van der Waals surface area contributed by atoms with Gasteiger partial charge >= 0.3 is 0 Å². The summed E-state index contributed by atoms with van der Waals surface area (Å²) in [6.45, 7) is 5.65. The first kappa shape index (κ1) is 9.62. The van der Waals surface area contributed by atoms with E-state index in [1.807, 2.05) is 6.07 Å². The molecular formula is C11H15FN2. The van der Waals surface area contributed by atoms with Crippen LogP contribution < -0.4 is 5.84 Å². The van der Waals surface area contributed by atoms with E-state index in [0.29, 0.717) is 6.54 Å². The van der Waals surface area contributed by atoms with Crippen molar-refractivity contribution in [2.24, 2.45) is 5.84 Å². The van der Waals surface area contributed by atoms with E-state index in [4.69, 9.17) is 5.84 Å². The lowest BCUT2D eigenvalue weighted by molar-refractivity contribution is 0.198. The first-order valence-corrected chi connectivity index (χ1v) is 4.77. The molecule has 14 heavy (non-hydrogen) atoms. The molecule has 0 aliphatic carbocycles. The van der Waals surface area contributed by atoms with E-state index in [1.165, 1.54) is 6.07 Å². The van der Waals surface area contributed by atoms with Gasteiger partial charge in [0, 0.05) is 18.5 Å². The summed E-state index contributed by atoms with van der Waals surface area (Å²) >= 11 is 0. The van der Waals surface area contributed by atoms with E-state index in [9.17, 15) is 4.39 Å². The van der Waals surface area contributed by atoms with Crippen molar-refractivity contribution in [3.63, 3.8) is 0 Å². The molecule has 0 radical (unpaired) electrons. The third kappa shape index (κ3) is 1.53. The Labute approximate surface area is 83.5 Å². The van der Waals surface area contributed by atoms with E-state index in [1.54, 1.807) is 11.1 Å². The summed E-state index contributed by atoms with van der Waals surface area (Å²) in [7, 11) is 0. The number of hydrogen-bond acceptors (Lipinski definition) is 2. The summed E-state index contributed by atoms with van der Waals surface area (Å²) in [6.07, 6.45) is 0. The lowest BCUT2D eigenvalue weighted by atomic mass is 9.79. The van der Waals surface area contributed by atoms with Gasteiger partial charge in [-0.3, -0.25) is 5.84 Å². The van der Waals surface area contributed by atoms with Crippen LogP contribution in [0.4, 0.5) is 4.39 Å². The monoisotopic (exact) mass is 194 g/mol. The third-order valence-corrected chi connectivity index (χ3v) is 2.77. The molecule has 0 saturated heterocycles. The Kier molecular flexibility index (Phi) is 2.09. The lowest BCUT2D eigenvalue weighted by Gasteiger charge is -2.37. The Hall–Kier alpha value is -0.930. The Morgan fingerprint density at radius 3 is 2.86 bits per heavy atom. The number of nitrogens with two attached hydrogens (primary N) is 1. The van der Waals surface area contributed by atoms with Crippen molar-refractivity contribution in [1.29, 1.82) is 0 Å². The summed E-state index contributed by atoms with van der Waals surface area (Å²) in [5.41, 5.74) is 2.15. The predicted octanol–water partition coefficient (Wildman–Crippen LogP) is 1.79. The maximum Gasteiger partial charge on any atom is 0.123 e. The molecule has 0 saturated carbocycles. The van der Waals surface area contributed by atoms with Gasteiger partial charge in [0.25, 0.3) is 0 Å². The average Bonchev–Trinajstić information content (AvgIpc) is 2.05. The smallest absolute Gasteiger partial charge is 0.123 e. The zero-order valence-electron chi connectivity index (χ0n) is 8.55. The number of rotatable bonds is 0. The van der Waals surface area contributed by atoms with E-state index >= 15 is 0 Å². The van der Waals surface area contributed by atoms with Crippen molar-refractivity contribution in [3.05, 3.63) is 35.1 Å². The zero-order valence-corrected chi connectivity index (χ0v) is 8.55. The normalized spacial score (nSPS) is 20.6. The fraction of sp³-hybridized carbons (Fsp3) is 0.455. The standard InChI is InChI=1S/C11H15FN2/c1-11(2)7-14(13)6-8-3-4-9(12)5-10(8)11/h3-5H,6-7,13H2,1-2H3. The highest BCUT2D eigenvalue weighted by Crippen LogP contribution is 2.32. The van der Waals surface area contributed by atoms with Crippen molar-refractivity contribution < 1.29 is 4.39 Å². The van der Waals surface area contributed by atoms with Gasteiger partial charge in [-0.2, -0.15) is 0 Å². The summed E-state index contributed by atoms with van der Waals surface area (Å²) in [5.74, 6) is 5.64. The van der Waals surface area contributed by atoms with Crippen molar-refractivity contribution in [1.82, 2.24) is 5.01 Å². The molecule has 1 aliphatic rings. The van der Waals surface area contributed by atoms with Crippen molar-refractivity contribution in [3.8, 4) is 0 Å². The minimum absolute atomic E-state index is 0.0650. The number of fused-ring (bicyclic) bond motifs is 1. The first-order chi connectivity index (χ1) is 6.49. The molecule has 0 fully saturated rings. The molecule has 0 bridgehead atoms. The SMILES string of the molecule is CC1(C)CN(N)Cc2ccc(F)cc21. The Morgan fingerprint density at radius 2 is 2.14 bits per heavy atom. The number of benzene rings is 1. The van der Waals surface area contributed by atoms with E-state index in [-0.39, 0.29) is 11.2 Å². The second-order valence-electron chi connectivity index (χ2n) is 4.59. The molecule has 1 aliphatic heterocycles. The van der Waals surface area contributed by atoms with E-state index in [2.05, 4.69) is 13.8 Å². The predicted molar refractivity (Wildman–Crippen MR) is 54.0 cm³/mol. The molecule has 1 aromatic rings. The molecule has 0 amide bonds. The molecule has 3 heteroatoms. The van der Waals surface area contributed by atoms with Crippen LogP contribution in [0.3, 0.4) is 0 Å². The second kappa shape index (κ2) is 3.04. The molecule has 1 aromatic carbocycles. The molecule has 0 unspecified atom stereocenters. The minimum Gasteiger partial charge on any atom is -0.268 e. The number of hydrogen-bond donors (Lipinski definition) is 1. The largest absolute Gasteiger partial charge is 0.268 e. The highest BCUT2D eigenvalue weighted by atomic mass is 19.1. The van der Waals surface area contributed by atoms with E-state index in [0.717, 1.165) is 17.7 Å². The van der Waals surface area contributed by atoms with Crippen LogP contribution >= 0.6 is 0 Å². The zero-order chi connectivity index (χ0) is 10.3. The lowest BCUT2D eigenvalue weighted by Crippen LogP contribution is -2.45. The van der Waals surface area contributed by atoms with E-state index < -0.39 is 0 Å². The van der Waals surface area contributed by atoms with Gasteiger partial charge in [-0.05, 0) is 23.3 Å². The maximum absolute atomic E-state index is 13.1. The first-order valence-electron chi connectivity index (χ1n) is 4.77. The van der Waals surface area contributed by atoms with Crippen LogP contribution in [0.25, 0.3) is 0 Å². The topological polar surface area (TPSA) is 29.3 Å². The number of hydrazine groups is 1. The molecule has 1 heterocycles. The Bertz CT molecular complexity index is 360. The molecule has 76 valence electrons. The quantitative estimate of drug-likeness (QED) is 0.638. The summed E-state index contributed by atoms with van der Waals surface area (Å²) in [6, 6.07) is 4.95. The van der Waals surface area contributed by atoms with Crippen molar-refractivity contribution in [2.75, 3.05) is 6.54 Å². The van der Waals surface area contributed by atoms with Crippen LogP contribution in [0, 0.1) is 5.82 Å². The average molecular weight is 194 g/mol. The molecule has 0 aromatic heterocycles. The Morgan fingerprint density at radius 1 is 1.43 bits per heavy atom. The molecule has 2 nitrogen and oxygen atoms in total. The summed E-state index contributed by atoms with van der Waals surface area (Å²) in [4.78, 5) is 0. The second-order valence-corrected chi connectivity index (χ2v) is 4.59. The van der Waals surface area contributed by atoms with Gasteiger partial charge in [0.05, 0.1) is 0 Å². The molecule has 2 N–H and O–H groups in total. The van der Waals surface area contributed by atoms with Crippen LogP contribution in [-0.4, -0.2) is 11.6 Å². The van der Waals surface area contributed by atoms with Crippen molar-refractivity contribution >= 4 is 0 Å².